The van der Waals surface area contributed by atoms with Crippen LogP contribution < -0.4 is 5.32 Å². The van der Waals surface area contributed by atoms with Crippen molar-refractivity contribution in [3.05, 3.63) is 23.7 Å². The second kappa shape index (κ2) is 5.72. The van der Waals surface area contributed by atoms with E-state index in [1.165, 1.54) is 25.7 Å². The molecule has 0 aromatic carbocycles. The first-order valence-electron chi connectivity index (χ1n) is 7.02. The molecule has 1 aliphatic carbocycles. The lowest BCUT2D eigenvalue weighted by atomic mass is 9.88. The molecule has 3 atom stereocenters. The lowest BCUT2D eigenvalue weighted by molar-refractivity contribution is 0.263. The molecule has 1 aromatic heterocycles. The molecule has 2 heteroatoms. The third-order valence-electron chi connectivity index (χ3n) is 4.04. The molecule has 1 saturated carbocycles. The Balaban J connectivity index is 2.12. The predicted octanol–water partition coefficient (Wildman–Crippen LogP) is 4.06. The van der Waals surface area contributed by atoms with E-state index in [1.807, 2.05) is 6.92 Å². The summed E-state index contributed by atoms with van der Waals surface area (Å²) in [6.45, 7) is 7.70. The Morgan fingerprint density at radius 3 is 2.76 bits per heavy atom. The maximum atomic E-state index is 5.84. The summed E-state index contributed by atoms with van der Waals surface area (Å²) in [7, 11) is 0. The molecule has 0 aliphatic heterocycles. The first kappa shape index (κ1) is 12.7. The minimum Gasteiger partial charge on any atom is -0.465 e. The standard InChI is InChI=1S/C15H25NO/c1-4-10-16-15(13-7-5-6-11(13)2)14-9-8-12(3)17-14/h8-9,11,13,15-16H,4-7,10H2,1-3H3. The van der Waals surface area contributed by atoms with Crippen LogP contribution in [0, 0.1) is 18.8 Å². The average molecular weight is 235 g/mol. The number of hydrogen-bond donors (Lipinski definition) is 1. The van der Waals surface area contributed by atoms with Crippen LogP contribution in [-0.4, -0.2) is 6.54 Å². The first-order chi connectivity index (χ1) is 8.22. The summed E-state index contributed by atoms with van der Waals surface area (Å²) in [4.78, 5) is 0. The Hall–Kier alpha value is -0.760. The molecule has 0 amide bonds. The van der Waals surface area contributed by atoms with E-state index in [2.05, 4.69) is 31.3 Å². The summed E-state index contributed by atoms with van der Waals surface area (Å²) in [5.41, 5.74) is 0. The van der Waals surface area contributed by atoms with Crippen molar-refractivity contribution in [2.45, 2.75) is 52.5 Å². The predicted molar refractivity (Wildman–Crippen MR) is 71.0 cm³/mol. The maximum Gasteiger partial charge on any atom is 0.121 e. The van der Waals surface area contributed by atoms with Gasteiger partial charge in [-0.25, -0.2) is 0 Å². The number of nitrogens with one attached hydrogen (secondary N) is 1. The van der Waals surface area contributed by atoms with Crippen LogP contribution in [0.3, 0.4) is 0 Å². The fourth-order valence-electron chi connectivity index (χ4n) is 3.05. The van der Waals surface area contributed by atoms with Crippen molar-refractivity contribution in [3.63, 3.8) is 0 Å². The topological polar surface area (TPSA) is 25.2 Å². The van der Waals surface area contributed by atoms with Crippen molar-refractivity contribution < 1.29 is 4.42 Å². The third-order valence-corrected chi connectivity index (χ3v) is 4.04. The molecule has 0 saturated heterocycles. The Morgan fingerprint density at radius 2 is 2.24 bits per heavy atom. The molecule has 3 unspecified atom stereocenters. The molecule has 2 rings (SSSR count). The summed E-state index contributed by atoms with van der Waals surface area (Å²) in [5.74, 6) is 3.71. The van der Waals surface area contributed by atoms with Crippen molar-refractivity contribution >= 4 is 0 Å². The van der Waals surface area contributed by atoms with Crippen molar-refractivity contribution in [1.29, 1.82) is 0 Å². The quantitative estimate of drug-likeness (QED) is 0.832. The fraction of sp³-hybridized carbons (Fsp3) is 0.733. The summed E-state index contributed by atoms with van der Waals surface area (Å²) < 4.78 is 5.84. The highest BCUT2D eigenvalue weighted by Crippen LogP contribution is 2.40. The lowest BCUT2D eigenvalue weighted by Crippen LogP contribution is -2.30. The maximum absolute atomic E-state index is 5.84. The molecule has 0 spiro atoms. The zero-order chi connectivity index (χ0) is 12.3. The van der Waals surface area contributed by atoms with E-state index >= 15 is 0 Å². The second-order valence-corrected chi connectivity index (χ2v) is 5.45. The van der Waals surface area contributed by atoms with Crippen molar-refractivity contribution in [3.8, 4) is 0 Å². The van der Waals surface area contributed by atoms with Gasteiger partial charge in [-0.15, -0.1) is 0 Å². The number of rotatable bonds is 5. The fourth-order valence-corrected chi connectivity index (χ4v) is 3.05. The molecular formula is C15H25NO. The molecule has 1 aliphatic rings. The van der Waals surface area contributed by atoms with Crippen LogP contribution >= 0.6 is 0 Å². The summed E-state index contributed by atoms with van der Waals surface area (Å²) >= 11 is 0. The van der Waals surface area contributed by atoms with Gasteiger partial charge in [-0.3, -0.25) is 0 Å². The first-order valence-corrected chi connectivity index (χ1v) is 7.02. The van der Waals surface area contributed by atoms with Crippen LogP contribution in [0.15, 0.2) is 16.5 Å². The van der Waals surface area contributed by atoms with Gasteiger partial charge < -0.3 is 9.73 Å². The largest absolute Gasteiger partial charge is 0.465 e. The second-order valence-electron chi connectivity index (χ2n) is 5.45. The van der Waals surface area contributed by atoms with Crippen molar-refractivity contribution in [2.24, 2.45) is 11.8 Å². The van der Waals surface area contributed by atoms with Gasteiger partial charge in [-0.2, -0.15) is 0 Å². The Bertz CT molecular complexity index is 344. The normalized spacial score (nSPS) is 26.3. The van der Waals surface area contributed by atoms with E-state index in [0.29, 0.717) is 6.04 Å². The summed E-state index contributed by atoms with van der Waals surface area (Å²) in [6.07, 6.45) is 5.25. The smallest absolute Gasteiger partial charge is 0.121 e. The summed E-state index contributed by atoms with van der Waals surface area (Å²) in [5, 5.41) is 3.68. The molecule has 1 fully saturated rings. The Kier molecular flexibility index (Phi) is 4.27. The van der Waals surface area contributed by atoms with Crippen LogP contribution in [0.1, 0.15) is 57.1 Å². The van der Waals surface area contributed by atoms with Gasteiger partial charge in [-0.05, 0) is 50.3 Å². The van der Waals surface area contributed by atoms with E-state index < -0.39 is 0 Å². The van der Waals surface area contributed by atoms with Gasteiger partial charge in [0, 0.05) is 0 Å². The van der Waals surface area contributed by atoms with Crippen LogP contribution in [0.2, 0.25) is 0 Å². The monoisotopic (exact) mass is 235 g/mol. The number of furan rings is 1. The van der Waals surface area contributed by atoms with E-state index in [9.17, 15) is 0 Å². The van der Waals surface area contributed by atoms with Crippen LogP contribution in [0.25, 0.3) is 0 Å². The van der Waals surface area contributed by atoms with Crippen molar-refractivity contribution in [1.82, 2.24) is 5.32 Å². The minimum atomic E-state index is 0.418. The minimum absolute atomic E-state index is 0.418. The Morgan fingerprint density at radius 1 is 1.41 bits per heavy atom. The SMILES string of the molecule is CCCNC(c1ccc(C)o1)C1CCCC1C. The average Bonchev–Trinajstić information content (AvgIpc) is 2.90. The van der Waals surface area contributed by atoms with Crippen LogP contribution in [-0.2, 0) is 0 Å². The Labute approximate surface area is 105 Å². The number of aryl methyl sites for hydroxylation is 1. The van der Waals surface area contributed by atoms with E-state index in [1.54, 1.807) is 0 Å². The van der Waals surface area contributed by atoms with Gasteiger partial charge in [0.1, 0.15) is 11.5 Å². The van der Waals surface area contributed by atoms with Crippen molar-refractivity contribution in [2.75, 3.05) is 6.54 Å². The van der Waals surface area contributed by atoms with Gasteiger partial charge >= 0.3 is 0 Å². The highest BCUT2D eigenvalue weighted by atomic mass is 16.3. The van der Waals surface area contributed by atoms with E-state index in [4.69, 9.17) is 4.42 Å². The van der Waals surface area contributed by atoms with Gasteiger partial charge in [0.2, 0.25) is 0 Å². The molecular weight excluding hydrogens is 210 g/mol. The molecule has 0 radical (unpaired) electrons. The number of hydrogen-bond acceptors (Lipinski definition) is 2. The van der Waals surface area contributed by atoms with Gasteiger partial charge in [0.15, 0.2) is 0 Å². The highest BCUT2D eigenvalue weighted by molar-refractivity contribution is 5.11. The lowest BCUT2D eigenvalue weighted by Gasteiger charge is -2.26. The molecule has 96 valence electrons. The van der Waals surface area contributed by atoms with Gasteiger partial charge in [-0.1, -0.05) is 26.7 Å². The molecule has 2 nitrogen and oxygen atoms in total. The third kappa shape index (κ3) is 2.92. The summed E-state index contributed by atoms with van der Waals surface area (Å²) in [6, 6.07) is 4.64. The molecule has 17 heavy (non-hydrogen) atoms. The van der Waals surface area contributed by atoms with E-state index in [0.717, 1.165) is 29.9 Å². The highest BCUT2D eigenvalue weighted by Gasteiger charge is 2.33. The molecule has 1 aromatic rings. The molecule has 1 heterocycles. The van der Waals surface area contributed by atoms with Gasteiger partial charge in [0.25, 0.3) is 0 Å². The van der Waals surface area contributed by atoms with E-state index in [-0.39, 0.29) is 0 Å². The molecule has 1 N–H and O–H groups in total. The zero-order valence-corrected chi connectivity index (χ0v) is 11.3. The van der Waals surface area contributed by atoms with Crippen LogP contribution in [0.4, 0.5) is 0 Å². The van der Waals surface area contributed by atoms with Crippen LogP contribution in [0.5, 0.6) is 0 Å². The zero-order valence-electron chi connectivity index (χ0n) is 11.3. The van der Waals surface area contributed by atoms with Gasteiger partial charge in [0.05, 0.1) is 6.04 Å². The molecule has 0 bridgehead atoms.